The Morgan fingerprint density at radius 2 is 0.667 bits per heavy atom. The fourth-order valence-corrected chi connectivity index (χ4v) is 1.07. The van der Waals surface area contributed by atoms with Crippen LogP contribution < -0.4 is 0 Å². The van der Waals surface area contributed by atoms with Gasteiger partial charge in [-0.2, -0.15) is 11.3 Å². The minimum atomic E-state index is 0.833. The summed E-state index contributed by atoms with van der Waals surface area (Å²) in [5, 5.41) is 4.08. The zero-order chi connectivity index (χ0) is 16.9. The van der Waals surface area contributed by atoms with Crippen molar-refractivity contribution in [3.05, 3.63) is 59.3 Å². The monoisotopic (exact) mass is 308 g/mol. The molecule has 0 unspecified atom stereocenters. The van der Waals surface area contributed by atoms with Crippen molar-refractivity contribution < 1.29 is 0 Å². The predicted octanol–water partition coefficient (Wildman–Crippen LogP) is 7.79. The lowest BCUT2D eigenvalue weighted by molar-refractivity contribution is 0.736. The number of benzene rings is 1. The van der Waals surface area contributed by atoms with E-state index in [4.69, 9.17) is 0 Å². The first-order valence-electron chi connectivity index (χ1n) is 7.94. The van der Waals surface area contributed by atoms with Gasteiger partial charge in [0.1, 0.15) is 0 Å². The second-order valence-corrected chi connectivity index (χ2v) is 6.23. The SMILES string of the molecule is CC.CC(C)C.CC(C)C.c1ccccc1.c1ccsc1. The van der Waals surface area contributed by atoms with Crippen LogP contribution in [0.5, 0.6) is 0 Å². The largest absolute Gasteiger partial charge is 0.152 e. The molecule has 0 aliphatic carbocycles. The van der Waals surface area contributed by atoms with E-state index < -0.39 is 0 Å². The summed E-state index contributed by atoms with van der Waals surface area (Å²) in [6, 6.07) is 16.0. The minimum absolute atomic E-state index is 0.833. The average molecular weight is 309 g/mol. The van der Waals surface area contributed by atoms with Crippen LogP contribution in [-0.2, 0) is 0 Å². The lowest BCUT2D eigenvalue weighted by Crippen LogP contribution is -1.66. The second kappa shape index (κ2) is 24.0. The van der Waals surface area contributed by atoms with E-state index in [0.29, 0.717) is 0 Å². The lowest BCUT2D eigenvalue weighted by Gasteiger charge is -1.79. The van der Waals surface area contributed by atoms with Crippen molar-refractivity contribution in [2.45, 2.75) is 55.4 Å². The molecule has 0 atom stereocenters. The van der Waals surface area contributed by atoms with Gasteiger partial charge < -0.3 is 0 Å². The van der Waals surface area contributed by atoms with Gasteiger partial charge in [-0.15, -0.1) is 0 Å². The maximum absolute atomic E-state index is 2.17. The molecule has 0 aliphatic heterocycles. The molecule has 0 saturated heterocycles. The van der Waals surface area contributed by atoms with Crippen molar-refractivity contribution in [2.24, 2.45) is 11.8 Å². The molecule has 0 N–H and O–H groups in total. The molecule has 2 aromatic rings. The molecule has 1 aromatic carbocycles. The quantitative estimate of drug-likeness (QED) is 0.466. The Kier molecular flexibility index (Phi) is 28.4. The second-order valence-electron chi connectivity index (χ2n) is 5.41. The normalized spacial score (nSPS) is 7.90. The third-order valence-corrected chi connectivity index (χ3v) is 1.72. The third-order valence-electron chi connectivity index (χ3n) is 1.09. The van der Waals surface area contributed by atoms with Crippen LogP contribution in [0, 0.1) is 11.8 Å². The molecule has 21 heavy (non-hydrogen) atoms. The van der Waals surface area contributed by atoms with Gasteiger partial charge in [0.15, 0.2) is 0 Å². The van der Waals surface area contributed by atoms with Crippen LogP contribution >= 0.6 is 11.3 Å². The highest BCUT2D eigenvalue weighted by molar-refractivity contribution is 7.07. The van der Waals surface area contributed by atoms with Crippen LogP contribution in [0.2, 0.25) is 0 Å². The molecule has 1 heterocycles. The van der Waals surface area contributed by atoms with Crippen LogP contribution in [0.15, 0.2) is 59.3 Å². The molecule has 0 nitrogen and oxygen atoms in total. The van der Waals surface area contributed by atoms with E-state index in [1.54, 1.807) is 11.3 Å². The van der Waals surface area contributed by atoms with E-state index in [1.807, 2.05) is 73.1 Å². The number of hydrogen-bond donors (Lipinski definition) is 0. The van der Waals surface area contributed by atoms with Crippen LogP contribution in [0.3, 0.4) is 0 Å². The Morgan fingerprint density at radius 3 is 0.762 bits per heavy atom. The summed E-state index contributed by atoms with van der Waals surface area (Å²) in [6.07, 6.45) is 0. The van der Waals surface area contributed by atoms with Crippen molar-refractivity contribution in [2.75, 3.05) is 0 Å². The summed E-state index contributed by atoms with van der Waals surface area (Å²) >= 11 is 1.71. The highest BCUT2D eigenvalue weighted by atomic mass is 32.1. The molecule has 0 spiro atoms. The van der Waals surface area contributed by atoms with E-state index in [-0.39, 0.29) is 0 Å². The van der Waals surface area contributed by atoms with Gasteiger partial charge in [-0.25, -0.2) is 0 Å². The zero-order valence-electron chi connectivity index (χ0n) is 15.3. The molecular weight excluding hydrogens is 272 g/mol. The Balaban J connectivity index is -0.000000201. The minimum Gasteiger partial charge on any atom is -0.152 e. The third kappa shape index (κ3) is 55.0. The molecule has 1 aromatic heterocycles. The van der Waals surface area contributed by atoms with Crippen LogP contribution in [0.4, 0.5) is 0 Å². The Labute approximate surface area is 138 Å². The van der Waals surface area contributed by atoms with Gasteiger partial charge in [0, 0.05) is 0 Å². The molecule has 2 rings (SSSR count). The fraction of sp³-hybridized carbons (Fsp3) is 0.500. The molecule has 0 saturated carbocycles. The first kappa shape index (κ1) is 24.9. The Morgan fingerprint density at radius 1 is 0.476 bits per heavy atom. The molecule has 122 valence electrons. The van der Waals surface area contributed by atoms with E-state index >= 15 is 0 Å². The summed E-state index contributed by atoms with van der Waals surface area (Å²) in [7, 11) is 0. The van der Waals surface area contributed by atoms with Crippen LogP contribution in [-0.4, -0.2) is 0 Å². The Hall–Kier alpha value is -1.08. The van der Waals surface area contributed by atoms with Gasteiger partial charge in [0.2, 0.25) is 0 Å². The van der Waals surface area contributed by atoms with Gasteiger partial charge in [0.05, 0.1) is 0 Å². The first-order chi connectivity index (χ1) is 9.96. The van der Waals surface area contributed by atoms with E-state index in [1.165, 1.54) is 0 Å². The number of rotatable bonds is 0. The molecule has 0 radical (unpaired) electrons. The van der Waals surface area contributed by atoms with E-state index in [9.17, 15) is 0 Å². The maximum atomic E-state index is 2.17. The van der Waals surface area contributed by atoms with Gasteiger partial charge in [-0.1, -0.05) is 104 Å². The van der Waals surface area contributed by atoms with Crippen LogP contribution in [0.1, 0.15) is 55.4 Å². The smallest absolute Gasteiger partial charge is 0.00934 e. The summed E-state index contributed by atoms with van der Waals surface area (Å²) in [4.78, 5) is 0. The zero-order valence-corrected chi connectivity index (χ0v) is 16.2. The van der Waals surface area contributed by atoms with E-state index in [2.05, 4.69) is 41.5 Å². The molecule has 0 bridgehead atoms. The molecule has 0 amide bonds. The van der Waals surface area contributed by atoms with Crippen molar-refractivity contribution in [3.63, 3.8) is 0 Å². The molecule has 0 aliphatic rings. The topological polar surface area (TPSA) is 0 Å². The number of thiophene rings is 1. The van der Waals surface area contributed by atoms with Crippen molar-refractivity contribution in [1.82, 2.24) is 0 Å². The van der Waals surface area contributed by atoms with Gasteiger partial charge >= 0.3 is 0 Å². The average Bonchev–Trinajstić information content (AvgIpc) is 3.01. The summed E-state index contributed by atoms with van der Waals surface area (Å²) in [5.74, 6) is 1.67. The highest BCUT2D eigenvalue weighted by Gasteiger charge is 1.68. The molecule has 0 fully saturated rings. The first-order valence-corrected chi connectivity index (χ1v) is 8.88. The fourth-order valence-electron chi connectivity index (χ4n) is 0.612. The van der Waals surface area contributed by atoms with Gasteiger partial charge in [-0.05, 0) is 22.6 Å². The standard InChI is InChI=1S/C6H6.C4H4S.2C4H10.C2H6/c1-2-4-6-5-3-1;1-2-4-5-3-1;2*1-4(2)3;1-2/h1-6H;1-4H;2*4H,1-3H3;1-2H3. The highest BCUT2D eigenvalue weighted by Crippen LogP contribution is 1.91. The lowest BCUT2D eigenvalue weighted by atomic mass is 10.3. The van der Waals surface area contributed by atoms with E-state index in [0.717, 1.165) is 11.8 Å². The van der Waals surface area contributed by atoms with Crippen molar-refractivity contribution in [3.8, 4) is 0 Å². The Bertz CT molecular complexity index is 253. The number of hydrogen-bond acceptors (Lipinski definition) is 1. The van der Waals surface area contributed by atoms with Gasteiger partial charge in [0.25, 0.3) is 0 Å². The molecular formula is C20H36S. The van der Waals surface area contributed by atoms with Crippen molar-refractivity contribution in [1.29, 1.82) is 0 Å². The predicted molar refractivity (Wildman–Crippen MR) is 103 cm³/mol. The van der Waals surface area contributed by atoms with Crippen molar-refractivity contribution >= 4 is 11.3 Å². The summed E-state index contributed by atoms with van der Waals surface area (Å²) in [6.45, 7) is 17.0. The van der Waals surface area contributed by atoms with Gasteiger partial charge in [-0.3, -0.25) is 0 Å². The summed E-state index contributed by atoms with van der Waals surface area (Å²) < 4.78 is 0. The maximum Gasteiger partial charge on any atom is -0.00934 e. The molecule has 1 heteroatoms. The summed E-state index contributed by atoms with van der Waals surface area (Å²) in [5.41, 5.74) is 0. The van der Waals surface area contributed by atoms with Crippen LogP contribution in [0.25, 0.3) is 0 Å².